The third kappa shape index (κ3) is 4.38. The van der Waals surface area contributed by atoms with Crippen LogP contribution in [0.2, 0.25) is 0 Å². The van der Waals surface area contributed by atoms with Gasteiger partial charge in [0.25, 0.3) is 0 Å². The van der Waals surface area contributed by atoms with Gasteiger partial charge >= 0.3 is 0 Å². The largest absolute Gasteiger partial charge is 0.389 e. The van der Waals surface area contributed by atoms with Crippen LogP contribution in [0.5, 0.6) is 0 Å². The second-order valence-electron chi connectivity index (χ2n) is 6.06. The highest BCUT2D eigenvalue weighted by Crippen LogP contribution is 2.38. The van der Waals surface area contributed by atoms with Gasteiger partial charge in [0.05, 0.1) is 6.10 Å². The minimum Gasteiger partial charge on any atom is -0.389 e. The van der Waals surface area contributed by atoms with Crippen LogP contribution in [0.4, 0.5) is 0 Å². The molecule has 0 bridgehead atoms. The molecule has 1 aliphatic rings. The van der Waals surface area contributed by atoms with Gasteiger partial charge in [0, 0.05) is 0 Å². The predicted molar refractivity (Wildman–Crippen MR) is 65.8 cm³/mol. The van der Waals surface area contributed by atoms with Crippen LogP contribution in [0.15, 0.2) is 11.6 Å². The number of hydrogen-bond acceptors (Lipinski definition) is 1. The Labute approximate surface area is 94.6 Å². The van der Waals surface area contributed by atoms with Crippen molar-refractivity contribution in [3.8, 4) is 0 Å². The zero-order chi connectivity index (χ0) is 11.5. The van der Waals surface area contributed by atoms with Crippen molar-refractivity contribution in [1.29, 1.82) is 0 Å². The van der Waals surface area contributed by atoms with Gasteiger partial charge in [0.2, 0.25) is 0 Å². The molecule has 1 fully saturated rings. The maximum absolute atomic E-state index is 9.35. The highest BCUT2D eigenvalue weighted by Gasteiger charge is 2.25. The number of hydrogen-bond donors (Lipinski definition) is 1. The zero-order valence-corrected chi connectivity index (χ0v) is 10.7. The number of aliphatic hydroxyl groups is 1. The molecule has 0 radical (unpaired) electrons. The van der Waals surface area contributed by atoms with Crippen molar-refractivity contribution in [3.63, 3.8) is 0 Å². The van der Waals surface area contributed by atoms with Gasteiger partial charge in [-0.3, -0.25) is 0 Å². The topological polar surface area (TPSA) is 20.2 Å². The van der Waals surface area contributed by atoms with Crippen molar-refractivity contribution in [2.24, 2.45) is 11.3 Å². The third-order valence-electron chi connectivity index (χ3n) is 3.57. The van der Waals surface area contributed by atoms with Crippen molar-refractivity contribution >= 4 is 0 Å². The summed E-state index contributed by atoms with van der Waals surface area (Å²) in [6.07, 6.45) is 8.09. The SMILES string of the molecule is CC(O)/C=C1/CCCC(C(C)(C)C)CC1. The molecule has 1 heteroatoms. The van der Waals surface area contributed by atoms with Crippen LogP contribution in [-0.2, 0) is 0 Å². The zero-order valence-electron chi connectivity index (χ0n) is 10.7. The molecule has 0 amide bonds. The maximum atomic E-state index is 9.35. The van der Waals surface area contributed by atoms with Crippen LogP contribution in [0, 0.1) is 11.3 Å². The van der Waals surface area contributed by atoms with E-state index < -0.39 is 0 Å². The monoisotopic (exact) mass is 210 g/mol. The normalized spacial score (nSPS) is 28.9. The molecule has 15 heavy (non-hydrogen) atoms. The molecule has 2 atom stereocenters. The van der Waals surface area contributed by atoms with Crippen molar-refractivity contribution in [2.75, 3.05) is 0 Å². The first-order valence-corrected chi connectivity index (χ1v) is 6.27. The highest BCUT2D eigenvalue weighted by atomic mass is 16.3. The number of rotatable bonds is 1. The van der Waals surface area contributed by atoms with E-state index in [4.69, 9.17) is 0 Å². The van der Waals surface area contributed by atoms with E-state index in [1.54, 1.807) is 0 Å². The molecule has 2 unspecified atom stereocenters. The predicted octanol–water partition coefficient (Wildman–Crippen LogP) is 3.92. The van der Waals surface area contributed by atoms with Crippen LogP contribution in [0.3, 0.4) is 0 Å². The lowest BCUT2D eigenvalue weighted by Crippen LogP contribution is -2.19. The van der Waals surface area contributed by atoms with Crippen LogP contribution < -0.4 is 0 Å². The van der Waals surface area contributed by atoms with E-state index in [9.17, 15) is 5.11 Å². The van der Waals surface area contributed by atoms with E-state index in [1.807, 2.05) is 13.0 Å². The summed E-state index contributed by atoms with van der Waals surface area (Å²) in [6.45, 7) is 8.89. The van der Waals surface area contributed by atoms with E-state index in [2.05, 4.69) is 20.8 Å². The summed E-state index contributed by atoms with van der Waals surface area (Å²) in [5.74, 6) is 0.845. The lowest BCUT2D eigenvalue weighted by atomic mass is 9.76. The quantitative estimate of drug-likeness (QED) is 0.514. The van der Waals surface area contributed by atoms with Gasteiger partial charge in [-0.1, -0.05) is 32.4 Å². The van der Waals surface area contributed by atoms with Gasteiger partial charge in [0.1, 0.15) is 0 Å². The third-order valence-corrected chi connectivity index (χ3v) is 3.57. The molecule has 1 nitrogen and oxygen atoms in total. The Morgan fingerprint density at radius 3 is 2.47 bits per heavy atom. The van der Waals surface area contributed by atoms with Gasteiger partial charge in [-0.05, 0) is 50.4 Å². The fraction of sp³-hybridized carbons (Fsp3) is 0.857. The standard InChI is InChI=1S/C14H26O/c1-11(15)10-12-6-5-7-13(9-8-12)14(2,3)4/h10-11,13,15H,5-9H2,1-4H3/b12-10-. The summed E-state index contributed by atoms with van der Waals surface area (Å²) >= 11 is 0. The second-order valence-corrected chi connectivity index (χ2v) is 6.06. The fourth-order valence-electron chi connectivity index (χ4n) is 2.58. The first-order chi connectivity index (χ1) is 6.89. The number of aliphatic hydroxyl groups excluding tert-OH is 1. The molecule has 0 spiro atoms. The molecular formula is C14H26O. The molecule has 88 valence electrons. The molecule has 1 rings (SSSR count). The minimum absolute atomic E-state index is 0.272. The Morgan fingerprint density at radius 1 is 1.27 bits per heavy atom. The molecule has 1 aliphatic carbocycles. The second kappa shape index (κ2) is 5.16. The number of allylic oxidation sites excluding steroid dienone is 1. The van der Waals surface area contributed by atoms with Crippen LogP contribution in [0.25, 0.3) is 0 Å². The summed E-state index contributed by atoms with van der Waals surface area (Å²) in [7, 11) is 0. The van der Waals surface area contributed by atoms with Crippen LogP contribution in [0.1, 0.15) is 59.8 Å². The summed E-state index contributed by atoms with van der Waals surface area (Å²) in [6, 6.07) is 0. The smallest absolute Gasteiger partial charge is 0.0695 e. The molecule has 0 aromatic heterocycles. The van der Waals surface area contributed by atoms with Crippen molar-refractivity contribution < 1.29 is 5.11 Å². The molecule has 0 heterocycles. The van der Waals surface area contributed by atoms with E-state index in [1.165, 1.54) is 37.7 Å². The Morgan fingerprint density at radius 2 is 1.93 bits per heavy atom. The molecular weight excluding hydrogens is 184 g/mol. The Bertz CT molecular complexity index is 220. The average molecular weight is 210 g/mol. The highest BCUT2D eigenvalue weighted by molar-refractivity contribution is 5.06. The molecule has 1 saturated carbocycles. The average Bonchev–Trinajstić information content (AvgIpc) is 2.27. The van der Waals surface area contributed by atoms with Gasteiger partial charge in [-0.25, -0.2) is 0 Å². The summed E-state index contributed by atoms with van der Waals surface area (Å²) < 4.78 is 0. The molecule has 0 aliphatic heterocycles. The van der Waals surface area contributed by atoms with E-state index in [-0.39, 0.29) is 6.10 Å². The van der Waals surface area contributed by atoms with E-state index in [0.29, 0.717) is 5.41 Å². The lowest BCUT2D eigenvalue weighted by molar-refractivity contribution is 0.216. The van der Waals surface area contributed by atoms with Crippen LogP contribution in [-0.4, -0.2) is 11.2 Å². The Hall–Kier alpha value is -0.300. The summed E-state index contributed by atoms with van der Waals surface area (Å²) in [5, 5.41) is 9.35. The molecule has 0 aromatic carbocycles. The minimum atomic E-state index is -0.272. The molecule has 1 N–H and O–H groups in total. The van der Waals surface area contributed by atoms with E-state index >= 15 is 0 Å². The van der Waals surface area contributed by atoms with Gasteiger partial charge in [0.15, 0.2) is 0 Å². The Balaban J connectivity index is 2.56. The first kappa shape index (κ1) is 12.8. The van der Waals surface area contributed by atoms with Gasteiger partial charge < -0.3 is 5.11 Å². The maximum Gasteiger partial charge on any atom is 0.0695 e. The lowest BCUT2D eigenvalue weighted by Gasteiger charge is -2.29. The van der Waals surface area contributed by atoms with E-state index in [0.717, 1.165) is 5.92 Å². The van der Waals surface area contributed by atoms with Crippen molar-refractivity contribution in [1.82, 2.24) is 0 Å². The molecule has 0 saturated heterocycles. The fourth-order valence-corrected chi connectivity index (χ4v) is 2.58. The van der Waals surface area contributed by atoms with Crippen molar-refractivity contribution in [3.05, 3.63) is 11.6 Å². The van der Waals surface area contributed by atoms with Crippen molar-refractivity contribution in [2.45, 2.75) is 65.9 Å². The van der Waals surface area contributed by atoms with Crippen LogP contribution >= 0.6 is 0 Å². The molecule has 0 aromatic rings. The Kier molecular flexibility index (Phi) is 4.39. The van der Waals surface area contributed by atoms with Gasteiger partial charge in [-0.2, -0.15) is 0 Å². The van der Waals surface area contributed by atoms with Gasteiger partial charge in [-0.15, -0.1) is 0 Å². The summed E-state index contributed by atoms with van der Waals surface area (Å²) in [4.78, 5) is 0. The first-order valence-electron chi connectivity index (χ1n) is 6.27. The summed E-state index contributed by atoms with van der Waals surface area (Å²) in [5.41, 5.74) is 1.91.